The molecule has 0 spiro atoms. The predicted molar refractivity (Wildman–Crippen MR) is 71.0 cm³/mol. The van der Waals surface area contributed by atoms with Gasteiger partial charge in [-0.05, 0) is 19.9 Å². The Balaban J connectivity index is 2.94. The summed E-state index contributed by atoms with van der Waals surface area (Å²) in [5.41, 5.74) is 4.43. The minimum absolute atomic E-state index is 0.00425. The maximum absolute atomic E-state index is 10.9. The fraction of sp³-hybridized carbons (Fsp3) is 0.417. The van der Waals surface area contributed by atoms with E-state index in [4.69, 9.17) is 27.3 Å². The summed E-state index contributed by atoms with van der Waals surface area (Å²) in [5, 5.41) is 19.9. The molecule has 1 aromatic carbocycles. The molecule has 0 heterocycles. The summed E-state index contributed by atoms with van der Waals surface area (Å²) in [6.45, 7) is 3.24. The van der Waals surface area contributed by atoms with E-state index in [1.807, 2.05) is 6.07 Å². The van der Waals surface area contributed by atoms with Gasteiger partial charge in [-0.1, -0.05) is 17.7 Å². The average Bonchev–Trinajstić information content (AvgIpc) is 2.30. The Kier molecular flexibility index (Phi) is 4.70. The Labute approximate surface area is 115 Å². The molecule has 0 saturated carbocycles. The molecule has 2 atom stereocenters. The van der Waals surface area contributed by atoms with Gasteiger partial charge in [-0.3, -0.25) is 10.1 Å². The van der Waals surface area contributed by atoms with Crippen LogP contribution in [0.15, 0.2) is 18.2 Å². The standard InChI is InChI=1S/C12H14ClN3O3/c1-8(6-12(2,15)7-14)19-11-9(13)4-3-5-10(11)16(17)18/h3-5,8H,6,15H2,1-2H3. The fourth-order valence-electron chi connectivity index (χ4n) is 1.64. The van der Waals surface area contributed by atoms with Gasteiger partial charge in [0, 0.05) is 12.5 Å². The molecule has 2 N–H and O–H groups in total. The zero-order valence-electron chi connectivity index (χ0n) is 10.6. The summed E-state index contributed by atoms with van der Waals surface area (Å²) in [6.07, 6.45) is -0.250. The van der Waals surface area contributed by atoms with Crippen LogP contribution in [-0.4, -0.2) is 16.6 Å². The van der Waals surface area contributed by atoms with Crippen molar-refractivity contribution in [2.24, 2.45) is 5.73 Å². The van der Waals surface area contributed by atoms with E-state index in [-0.39, 0.29) is 22.9 Å². The van der Waals surface area contributed by atoms with Gasteiger partial charge in [-0.2, -0.15) is 5.26 Å². The number of nitro benzene ring substituents is 1. The van der Waals surface area contributed by atoms with Gasteiger partial charge in [0.05, 0.1) is 22.1 Å². The van der Waals surface area contributed by atoms with Gasteiger partial charge >= 0.3 is 5.69 Å². The minimum atomic E-state index is -1.06. The number of para-hydroxylation sites is 1. The first-order chi connectivity index (χ1) is 8.76. The van der Waals surface area contributed by atoms with Crippen LogP contribution in [0.5, 0.6) is 5.75 Å². The second-order valence-electron chi connectivity index (χ2n) is 4.51. The first kappa shape index (κ1) is 15.2. The molecule has 7 heteroatoms. The summed E-state index contributed by atoms with van der Waals surface area (Å²) in [7, 11) is 0. The molecule has 102 valence electrons. The van der Waals surface area contributed by atoms with Crippen LogP contribution in [0.3, 0.4) is 0 Å². The van der Waals surface area contributed by atoms with Crippen LogP contribution in [0.1, 0.15) is 20.3 Å². The van der Waals surface area contributed by atoms with Crippen LogP contribution in [0.25, 0.3) is 0 Å². The normalized spacial score (nSPS) is 15.1. The van der Waals surface area contributed by atoms with Crippen LogP contribution in [0, 0.1) is 21.4 Å². The Bertz CT molecular complexity index is 525. The number of ether oxygens (including phenoxy) is 1. The van der Waals surface area contributed by atoms with Crippen molar-refractivity contribution in [3.05, 3.63) is 33.3 Å². The number of nitro groups is 1. The Morgan fingerprint density at radius 1 is 1.68 bits per heavy atom. The van der Waals surface area contributed by atoms with Crippen molar-refractivity contribution in [3.8, 4) is 11.8 Å². The fourth-order valence-corrected chi connectivity index (χ4v) is 1.86. The van der Waals surface area contributed by atoms with Gasteiger partial charge in [0.25, 0.3) is 0 Å². The number of nitriles is 1. The third-order valence-electron chi connectivity index (χ3n) is 2.43. The summed E-state index contributed by atoms with van der Waals surface area (Å²) >= 11 is 5.90. The summed E-state index contributed by atoms with van der Waals surface area (Å²) < 4.78 is 5.47. The van der Waals surface area contributed by atoms with Crippen LogP contribution >= 0.6 is 11.6 Å². The Morgan fingerprint density at radius 3 is 2.84 bits per heavy atom. The molecule has 0 bridgehead atoms. The zero-order valence-corrected chi connectivity index (χ0v) is 11.3. The van der Waals surface area contributed by atoms with Crippen molar-refractivity contribution in [3.63, 3.8) is 0 Å². The molecule has 0 aliphatic rings. The van der Waals surface area contributed by atoms with E-state index in [1.54, 1.807) is 13.8 Å². The topological polar surface area (TPSA) is 102 Å². The number of hydrogen-bond acceptors (Lipinski definition) is 5. The second kappa shape index (κ2) is 5.87. The molecule has 0 amide bonds. The zero-order chi connectivity index (χ0) is 14.6. The van der Waals surface area contributed by atoms with Crippen molar-refractivity contribution in [1.82, 2.24) is 0 Å². The number of hydrogen-bond donors (Lipinski definition) is 1. The highest BCUT2D eigenvalue weighted by Crippen LogP contribution is 2.35. The minimum Gasteiger partial charge on any atom is -0.483 e. The lowest BCUT2D eigenvalue weighted by Gasteiger charge is -2.22. The third kappa shape index (κ3) is 4.09. The van der Waals surface area contributed by atoms with Crippen LogP contribution in [0.4, 0.5) is 5.69 Å². The van der Waals surface area contributed by atoms with E-state index in [9.17, 15) is 10.1 Å². The van der Waals surface area contributed by atoms with Crippen LogP contribution in [0.2, 0.25) is 5.02 Å². The maximum Gasteiger partial charge on any atom is 0.312 e. The molecule has 1 rings (SSSR count). The summed E-state index contributed by atoms with van der Waals surface area (Å²) in [5.74, 6) is -0.00425. The molecule has 0 saturated heterocycles. The van der Waals surface area contributed by atoms with Crippen molar-refractivity contribution in [2.45, 2.75) is 31.9 Å². The Morgan fingerprint density at radius 2 is 2.32 bits per heavy atom. The molecule has 0 radical (unpaired) electrons. The predicted octanol–water partition coefficient (Wildman–Crippen LogP) is 2.65. The van der Waals surface area contributed by atoms with Crippen molar-refractivity contribution >= 4 is 17.3 Å². The lowest BCUT2D eigenvalue weighted by molar-refractivity contribution is -0.386. The van der Waals surface area contributed by atoms with Gasteiger partial charge in [0.1, 0.15) is 5.54 Å². The molecule has 0 aromatic heterocycles. The van der Waals surface area contributed by atoms with Crippen LogP contribution < -0.4 is 10.5 Å². The van der Waals surface area contributed by atoms with Gasteiger partial charge in [-0.25, -0.2) is 0 Å². The number of halogens is 1. The number of rotatable bonds is 5. The number of nitrogens with two attached hydrogens (primary N) is 1. The van der Waals surface area contributed by atoms with Crippen LogP contribution in [-0.2, 0) is 0 Å². The largest absolute Gasteiger partial charge is 0.483 e. The SMILES string of the molecule is CC(CC(C)(N)C#N)Oc1c(Cl)cccc1[N+](=O)[O-]. The van der Waals surface area contributed by atoms with E-state index in [1.165, 1.54) is 18.2 Å². The van der Waals surface area contributed by atoms with Crippen molar-refractivity contribution < 1.29 is 9.66 Å². The summed E-state index contributed by atoms with van der Waals surface area (Å²) in [6, 6.07) is 6.22. The van der Waals surface area contributed by atoms with E-state index >= 15 is 0 Å². The van der Waals surface area contributed by atoms with E-state index < -0.39 is 16.6 Å². The van der Waals surface area contributed by atoms with Gasteiger partial charge < -0.3 is 10.5 Å². The molecule has 0 aliphatic heterocycles. The quantitative estimate of drug-likeness (QED) is 0.661. The second-order valence-corrected chi connectivity index (χ2v) is 4.91. The molecular formula is C12H14ClN3O3. The highest BCUT2D eigenvalue weighted by atomic mass is 35.5. The lowest BCUT2D eigenvalue weighted by atomic mass is 9.98. The maximum atomic E-state index is 10.9. The molecule has 2 unspecified atom stereocenters. The lowest BCUT2D eigenvalue weighted by Crippen LogP contribution is -2.38. The third-order valence-corrected chi connectivity index (χ3v) is 2.73. The highest BCUT2D eigenvalue weighted by molar-refractivity contribution is 6.32. The first-order valence-corrected chi connectivity index (χ1v) is 5.94. The van der Waals surface area contributed by atoms with Gasteiger partial charge in [0.15, 0.2) is 0 Å². The highest BCUT2D eigenvalue weighted by Gasteiger charge is 2.25. The number of benzene rings is 1. The molecule has 6 nitrogen and oxygen atoms in total. The summed E-state index contributed by atoms with van der Waals surface area (Å²) in [4.78, 5) is 10.3. The van der Waals surface area contributed by atoms with E-state index in [0.29, 0.717) is 0 Å². The molecule has 19 heavy (non-hydrogen) atoms. The monoisotopic (exact) mass is 283 g/mol. The Hall–Kier alpha value is -1.84. The molecule has 1 aromatic rings. The van der Waals surface area contributed by atoms with Crippen molar-refractivity contribution in [1.29, 1.82) is 5.26 Å². The van der Waals surface area contributed by atoms with Crippen molar-refractivity contribution in [2.75, 3.05) is 0 Å². The van der Waals surface area contributed by atoms with E-state index in [2.05, 4.69) is 0 Å². The van der Waals surface area contributed by atoms with E-state index in [0.717, 1.165) is 0 Å². The molecule has 0 aliphatic carbocycles. The van der Waals surface area contributed by atoms with Gasteiger partial charge in [0.2, 0.25) is 5.75 Å². The average molecular weight is 284 g/mol. The smallest absolute Gasteiger partial charge is 0.312 e. The molecule has 0 fully saturated rings. The van der Waals surface area contributed by atoms with Gasteiger partial charge in [-0.15, -0.1) is 0 Å². The molecular weight excluding hydrogens is 270 g/mol. The number of nitrogens with zero attached hydrogens (tertiary/aromatic N) is 2. The first-order valence-electron chi connectivity index (χ1n) is 5.56.